The minimum absolute atomic E-state index is 0.0321. The van der Waals surface area contributed by atoms with Gasteiger partial charge < -0.3 is 9.64 Å². The summed E-state index contributed by atoms with van der Waals surface area (Å²) in [5, 5.41) is 0. The van der Waals surface area contributed by atoms with Crippen LogP contribution < -0.4 is 4.74 Å². The molecule has 1 amide bonds. The van der Waals surface area contributed by atoms with E-state index in [2.05, 4.69) is 35.3 Å². The Bertz CT molecular complexity index is 664. The predicted octanol–water partition coefficient (Wildman–Crippen LogP) is 3.58. The molecule has 1 aliphatic heterocycles. The largest absolute Gasteiger partial charge is 0.477 e. The molecule has 0 radical (unpaired) electrons. The lowest BCUT2D eigenvalue weighted by Gasteiger charge is -2.32. The highest BCUT2D eigenvalue weighted by Gasteiger charge is 2.25. The number of piperidine rings is 1. The summed E-state index contributed by atoms with van der Waals surface area (Å²) in [6, 6.07) is 14.2. The van der Waals surface area contributed by atoms with Crippen molar-refractivity contribution in [3.63, 3.8) is 0 Å². The molecule has 0 saturated carbocycles. The number of rotatable bonds is 5. The number of likely N-dealkylation sites (tertiary alicyclic amines) is 1. The van der Waals surface area contributed by atoms with Gasteiger partial charge in [0.15, 0.2) is 0 Å². The van der Waals surface area contributed by atoms with E-state index in [1.807, 2.05) is 11.8 Å². The van der Waals surface area contributed by atoms with E-state index in [4.69, 9.17) is 4.74 Å². The number of hydrogen-bond acceptors (Lipinski definition) is 3. The molecule has 2 heterocycles. The topological polar surface area (TPSA) is 42.4 Å². The van der Waals surface area contributed by atoms with Crippen LogP contribution in [0, 0.1) is 5.92 Å². The number of amides is 1. The average molecular weight is 324 g/mol. The Labute approximate surface area is 143 Å². The summed E-state index contributed by atoms with van der Waals surface area (Å²) in [5.41, 5.74) is 1.95. The Balaban J connectivity index is 1.59. The molecule has 0 bridgehead atoms. The Morgan fingerprint density at radius 3 is 2.62 bits per heavy atom. The quantitative estimate of drug-likeness (QED) is 0.844. The van der Waals surface area contributed by atoms with Crippen LogP contribution in [0.2, 0.25) is 0 Å². The van der Waals surface area contributed by atoms with E-state index >= 15 is 0 Å². The molecule has 1 saturated heterocycles. The fourth-order valence-electron chi connectivity index (χ4n) is 3.26. The van der Waals surface area contributed by atoms with Crippen molar-refractivity contribution in [2.45, 2.75) is 26.2 Å². The molecule has 0 aliphatic carbocycles. The van der Waals surface area contributed by atoms with Crippen molar-refractivity contribution in [3.05, 3.63) is 59.8 Å². The molecule has 0 N–H and O–H groups in total. The maximum Gasteiger partial charge on any atom is 0.259 e. The number of carbonyl (C=O) groups excluding carboxylic acids is 1. The zero-order valence-electron chi connectivity index (χ0n) is 14.1. The molecule has 4 heteroatoms. The van der Waals surface area contributed by atoms with Crippen LogP contribution in [0.25, 0.3) is 0 Å². The van der Waals surface area contributed by atoms with Crippen LogP contribution in [-0.4, -0.2) is 35.5 Å². The van der Waals surface area contributed by atoms with Crippen LogP contribution in [0.15, 0.2) is 48.7 Å². The lowest BCUT2D eigenvalue weighted by molar-refractivity contribution is 0.0685. The third-order valence-corrected chi connectivity index (χ3v) is 4.55. The number of hydrogen-bond donors (Lipinski definition) is 0. The predicted molar refractivity (Wildman–Crippen MR) is 94.2 cm³/mol. The van der Waals surface area contributed by atoms with E-state index in [-0.39, 0.29) is 5.91 Å². The molecule has 0 spiro atoms. The van der Waals surface area contributed by atoms with E-state index in [9.17, 15) is 4.79 Å². The molecule has 1 aliphatic rings. The van der Waals surface area contributed by atoms with Gasteiger partial charge in [-0.05, 0) is 49.8 Å². The first kappa shape index (κ1) is 16.5. The van der Waals surface area contributed by atoms with Crippen molar-refractivity contribution < 1.29 is 9.53 Å². The van der Waals surface area contributed by atoms with Crippen LogP contribution >= 0.6 is 0 Å². The third-order valence-electron chi connectivity index (χ3n) is 4.55. The van der Waals surface area contributed by atoms with Gasteiger partial charge in [-0.3, -0.25) is 4.79 Å². The first-order valence-electron chi connectivity index (χ1n) is 8.69. The van der Waals surface area contributed by atoms with E-state index in [1.165, 1.54) is 5.56 Å². The molecule has 2 aromatic rings. The maximum absolute atomic E-state index is 12.8. The summed E-state index contributed by atoms with van der Waals surface area (Å²) in [6.45, 7) is 4.02. The number of benzene rings is 1. The summed E-state index contributed by atoms with van der Waals surface area (Å²) in [6.07, 6.45) is 4.85. The lowest BCUT2D eigenvalue weighted by Crippen LogP contribution is -2.39. The highest BCUT2D eigenvalue weighted by atomic mass is 16.5. The standard InChI is InChI=1S/C20H24N2O2/c1-2-24-19-18(9-6-12-21-19)20(23)22-13-10-17(11-14-22)15-16-7-4-3-5-8-16/h3-9,12,17H,2,10-11,13-15H2,1H3. The highest BCUT2D eigenvalue weighted by molar-refractivity contribution is 5.96. The van der Waals surface area contributed by atoms with Crippen LogP contribution in [0.3, 0.4) is 0 Å². The smallest absolute Gasteiger partial charge is 0.259 e. The molecule has 1 fully saturated rings. The van der Waals surface area contributed by atoms with Gasteiger partial charge in [0, 0.05) is 19.3 Å². The molecule has 126 valence electrons. The zero-order valence-corrected chi connectivity index (χ0v) is 14.1. The van der Waals surface area contributed by atoms with Gasteiger partial charge in [-0.1, -0.05) is 30.3 Å². The molecule has 0 atom stereocenters. The molecule has 1 aromatic heterocycles. The lowest BCUT2D eigenvalue weighted by atomic mass is 9.90. The maximum atomic E-state index is 12.8. The molecular weight excluding hydrogens is 300 g/mol. The second-order valence-electron chi connectivity index (χ2n) is 6.21. The normalized spacial score (nSPS) is 15.3. The highest BCUT2D eigenvalue weighted by Crippen LogP contribution is 2.24. The van der Waals surface area contributed by atoms with Gasteiger partial charge in [0.05, 0.1) is 6.61 Å². The summed E-state index contributed by atoms with van der Waals surface area (Å²) < 4.78 is 5.49. The van der Waals surface area contributed by atoms with Crippen LogP contribution in [0.4, 0.5) is 0 Å². The van der Waals surface area contributed by atoms with Gasteiger partial charge in [-0.15, -0.1) is 0 Å². The van der Waals surface area contributed by atoms with Crippen LogP contribution in [-0.2, 0) is 6.42 Å². The molecule has 3 rings (SSSR count). The van der Waals surface area contributed by atoms with Crippen LogP contribution in [0.5, 0.6) is 5.88 Å². The van der Waals surface area contributed by atoms with Gasteiger partial charge in [0.25, 0.3) is 5.91 Å². The third kappa shape index (κ3) is 3.94. The van der Waals surface area contributed by atoms with Crippen molar-refractivity contribution in [1.82, 2.24) is 9.88 Å². The first-order valence-corrected chi connectivity index (χ1v) is 8.69. The Hall–Kier alpha value is -2.36. The van der Waals surface area contributed by atoms with Gasteiger partial charge in [-0.25, -0.2) is 4.98 Å². The summed E-state index contributed by atoms with van der Waals surface area (Å²) in [5.74, 6) is 1.12. The van der Waals surface area contributed by atoms with Crippen molar-refractivity contribution in [2.75, 3.05) is 19.7 Å². The first-order chi connectivity index (χ1) is 11.8. The Morgan fingerprint density at radius 1 is 1.17 bits per heavy atom. The van der Waals surface area contributed by atoms with E-state index in [1.54, 1.807) is 18.3 Å². The van der Waals surface area contributed by atoms with Crippen molar-refractivity contribution in [3.8, 4) is 5.88 Å². The van der Waals surface area contributed by atoms with Gasteiger partial charge in [-0.2, -0.15) is 0 Å². The molecular formula is C20H24N2O2. The minimum atomic E-state index is 0.0321. The minimum Gasteiger partial charge on any atom is -0.477 e. The molecule has 4 nitrogen and oxygen atoms in total. The zero-order chi connectivity index (χ0) is 16.8. The van der Waals surface area contributed by atoms with E-state index in [0.29, 0.717) is 24.0 Å². The van der Waals surface area contributed by atoms with E-state index < -0.39 is 0 Å². The van der Waals surface area contributed by atoms with Crippen molar-refractivity contribution in [2.24, 2.45) is 5.92 Å². The van der Waals surface area contributed by atoms with Gasteiger partial charge in [0.2, 0.25) is 5.88 Å². The Kier molecular flexibility index (Phi) is 5.47. The molecule has 24 heavy (non-hydrogen) atoms. The van der Waals surface area contributed by atoms with Gasteiger partial charge >= 0.3 is 0 Å². The van der Waals surface area contributed by atoms with Crippen molar-refractivity contribution in [1.29, 1.82) is 0 Å². The van der Waals surface area contributed by atoms with E-state index in [0.717, 1.165) is 32.4 Å². The van der Waals surface area contributed by atoms with Gasteiger partial charge in [0.1, 0.15) is 5.56 Å². The summed E-state index contributed by atoms with van der Waals surface area (Å²) in [7, 11) is 0. The Morgan fingerprint density at radius 2 is 1.92 bits per heavy atom. The fraction of sp³-hybridized carbons (Fsp3) is 0.400. The monoisotopic (exact) mass is 324 g/mol. The number of nitrogens with zero attached hydrogens (tertiary/aromatic N) is 2. The SMILES string of the molecule is CCOc1ncccc1C(=O)N1CCC(Cc2ccccc2)CC1. The molecule has 1 aromatic carbocycles. The van der Waals surface area contributed by atoms with Crippen molar-refractivity contribution >= 4 is 5.91 Å². The van der Waals surface area contributed by atoms with Crippen LogP contribution in [0.1, 0.15) is 35.7 Å². The summed E-state index contributed by atoms with van der Waals surface area (Å²) >= 11 is 0. The summed E-state index contributed by atoms with van der Waals surface area (Å²) in [4.78, 5) is 18.9. The second-order valence-corrected chi connectivity index (χ2v) is 6.21. The average Bonchev–Trinajstić information content (AvgIpc) is 2.63. The fourth-order valence-corrected chi connectivity index (χ4v) is 3.26. The number of ether oxygens (including phenoxy) is 1. The number of aromatic nitrogens is 1. The number of pyridine rings is 1. The number of carbonyl (C=O) groups is 1. The second kappa shape index (κ2) is 7.95. The molecule has 0 unspecified atom stereocenters.